The summed E-state index contributed by atoms with van der Waals surface area (Å²) in [6.45, 7) is 1.97. The van der Waals surface area contributed by atoms with Gasteiger partial charge in [0.05, 0.1) is 24.3 Å². The van der Waals surface area contributed by atoms with Gasteiger partial charge in [-0.2, -0.15) is 5.10 Å². The van der Waals surface area contributed by atoms with Gasteiger partial charge in [-0.15, -0.1) is 0 Å². The Hall–Kier alpha value is -2.57. The van der Waals surface area contributed by atoms with Crippen molar-refractivity contribution in [1.82, 2.24) is 9.78 Å². The molecule has 7 nitrogen and oxygen atoms in total. The molecule has 0 aliphatic carbocycles. The highest BCUT2D eigenvalue weighted by Gasteiger charge is 2.16. The largest absolute Gasteiger partial charge is 0.490 e. The van der Waals surface area contributed by atoms with Gasteiger partial charge in [0.25, 0.3) is 0 Å². The Balaban J connectivity index is 2.21. The fraction of sp³-hybridized carbons (Fsp3) is 0.308. The van der Waals surface area contributed by atoms with E-state index >= 15 is 0 Å². The van der Waals surface area contributed by atoms with E-state index in [2.05, 4.69) is 10.4 Å². The Morgan fingerprint density at radius 1 is 1.50 bits per heavy atom. The van der Waals surface area contributed by atoms with Crippen LogP contribution in [0.5, 0.6) is 5.75 Å². The number of hydrogen-bond acceptors (Lipinski definition) is 5. The number of methoxy groups -OCH3 is 1. The van der Waals surface area contributed by atoms with Crippen molar-refractivity contribution in [3.05, 3.63) is 46.3 Å². The Morgan fingerprint density at radius 3 is 2.80 bits per heavy atom. The van der Waals surface area contributed by atoms with Gasteiger partial charge in [-0.05, 0) is 19.1 Å². The molecule has 1 aromatic carbocycles. The predicted molar refractivity (Wildman–Crippen MR) is 74.9 cm³/mol. The maximum atomic E-state index is 11.0. The lowest BCUT2D eigenvalue weighted by Gasteiger charge is -2.14. The van der Waals surface area contributed by atoms with Gasteiger partial charge in [0.15, 0.2) is 5.75 Å². The summed E-state index contributed by atoms with van der Waals surface area (Å²) in [5.74, 6) is 0.245. The van der Waals surface area contributed by atoms with Crippen molar-refractivity contribution in [2.75, 3.05) is 12.4 Å². The number of ether oxygens (including phenoxy) is 1. The van der Waals surface area contributed by atoms with Crippen LogP contribution in [0, 0.1) is 10.1 Å². The summed E-state index contributed by atoms with van der Waals surface area (Å²) in [4.78, 5) is 10.5. The number of aromatic nitrogens is 2. The van der Waals surface area contributed by atoms with Crippen molar-refractivity contribution >= 4 is 11.4 Å². The van der Waals surface area contributed by atoms with E-state index < -0.39 is 4.92 Å². The molecule has 0 spiro atoms. The third-order valence-electron chi connectivity index (χ3n) is 2.98. The molecule has 0 saturated heterocycles. The molecule has 2 aromatic rings. The molecule has 1 aromatic heterocycles. The van der Waals surface area contributed by atoms with Crippen LogP contribution in [0.3, 0.4) is 0 Å². The van der Waals surface area contributed by atoms with E-state index in [1.165, 1.54) is 13.2 Å². The van der Waals surface area contributed by atoms with Crippen LogP contribution in [-0.4, -0.2) is 21.8 Å². The molecule has 2 rings (SSSR count). The number of hydrogen-bond donors (Lipinski definition) is 1. The van der Waals surface area contributed by atoms with E-state index in [0.29, 0.717) is 5.69 Å². The van der Waals surface area contributed by atoms with Gasteiger partial charge in [0, 0.05) is 30.6 Å². The lowest BCUT2D eigenvalue weighted by atomic mass is 10.1. The van der Waals surface area contributed by atoms with Crippen LogP contribution in [0.15, 0.2) is 30.6 Å². The van der Waals surface area contributed by atoms with Crippen LogP contribution in [0.25, 0.3) is 0 Å². The zero-order valence-corrected chi connectivity index (χ0v) is 11.5. The molecule has 0 saturated carbocycles. The zero-order chi connectivity index (χ0) is 14.7. The minimum atomic E-state index is -0.460. The molecule has 0 bridgehead atoms. The number of nitro groups is 1. The van der Waals surface area contributed by atoms with E-state index in [1.54, 1.807) is 23.0 Å². The highest BCUT2D eigenvalue weighted by molar-refractivity contribution is 5.59. The second-order valence-electron chi connectivity index (χ2n) is 4.46. The lowest BCUT2D eigenvalue weighted by Crippen LogP contribution is -2.06. The Bertz CT molecular complexity index is 624. The summed E-state index contributed by atoms with van der Waals surface area (Å²) >= 11 is 0. The Kier molecular flexibility index (Phi) is 3.88. The molecule has 0 fully saturated rings. The van der Waals surface area contributed by atoms with Crippen molar-refractivity contribution in [2.24, 2.45) is 7.05 Å². The SMILES string of the molecule is COc1ccc(NC(C)c2cnn(C)c2)cc1[N+](=O)[O-]. The lowest BCUT2D eigenvalue weighted by molar-refractivity contribution is -0.385. The zero-order valence-electron chi connectivity index (χ0n) is 11.5. The third-order valence-corrected chi connectivity index (χ3v) is 2.98. The van der Waals surface area contributed by atoms with Crippen molar-refractivity contribution in [1.29, 1.82) is 0 Å². The van der Waals surface area contributed by atoms with E-state index in [9.17, 15) is 10.1 Å². The number of nitro benzene ring substituents is 1. The van der Waals surface area contributed by atoms with Crippen LogP contribution >= 0.6 is 0 Å². The second kappa shape index (κ2) is 5.60. The Labute approximate surface area is 116 Å². The molecule has 20 heavy (non-hydrogen) atoms. The topological polar surface area (TPSA) is 82.2 Å². The van der Waals surface area contributed by atoms with Crippen LogP contribution in [0.1, 0.15) is 18.5 Å². The summed E-state index contributed by atoms with van der Waals surface area (Å²) in [7, 11) is 3.25. The number of nitrogens with one attached hydrogen (secondary N) is 1. The van der Waals surface area contributed by atoms with Crippen molar-refractivity contribution in [3.63, 3.8) is 0 Å². The fourth-order valence-electron chi connectivity index (χ4n) is 1.92. The van der Waals surface area contributed by atoms with Gasteiger partial charge in [0.2, 0.25) is 0 Å². The highest BCUT2D eigenvalue weighted by atomic mass is 16.6. The predicted octanol–water partition coefficient (Wildman–Crippen LogP) is 2.51. The molecule has 0 aliphatic rings. The number of rotatable bonds is 5. The molecule has 0 amide bonds. The monoisotopic (exact) mass is 276 g/mol. The second-order valence-corrected chi connectivity index (χ2v) is 4.46. The van der Waals surface area contributed by atoms with E-state index in [4.69, 9.17) is 4.74 Å². The number of nitrogens with zero attached hydrogens (tertiary/aromatic N) is 3. The van der Waals surface area contributed by atoms with Crippen molar-refractivity contribution < 1.29 is 9.66 Å². The van der Waals surface area contributed by atoms with Gasteiger partial charge >= 0.3 is 5.69 Å². The summed E-state index contributed by atoms with van der Waals surface area (Å²) in [6.07, 6.45) is 3.66. The van der Waals surface area contributed by atoms with E-state index in [0.717, 1.165) is 5.56 Å². The number of anilines is 1. The summed E-state index contributed by atoms with van der Waals surface area (Å²) in [6, 6.07) is 4.79. The summed E-state index contributed by atoms with van der Waals surface area (Å²) in [5, 5.41) is 18.3. The molecular formula is C13H16N4O3. The molecule has 1 atom stereocenters. The third kappa shape index (κ3) is 2.87. The molecule has 1 N–H and O–H groups in total. The first-order valence-corrected chi connectivity index (χ1v) is 6.08. The first kappa shape index (κ1) is 13.9. The summed E-state index contributed by atoms with van der Waals surface area (Å²) < 4.78 is 6.68. The van der Waals surface area contributed by atoms with Crippen molar-refractivity contribution in [3.8, 4) is 5.75 Å². The summed E-state index contributed by atoms with van der Waals surface area (Å²) in [5.41, 5.74) is 1.61. The van der Waals surface area contributed by atoms with Gasteiger partial charge in [-0.1, -0.05) is 0 Å². The normalized spacial score (nSPS) is 11.9. The molecule has 7 heteroatoms. The average Bonchev–Trinajstić information content (AvgIpc) is 2.85. The first-order valence-electron chi connectivity index (χ1n) is 6.08. The molecule has 0 radical (unpaired) electrons. The highest BCUT2D eigenvalue weighted by Crippen LogP contribution is 2.31. The molecular weight excluding hydrogens is 260 g/mol. The maximum Gasteiger partial charge on any atom is 0.312 e. The number of aryl methyl sites for hydroxylation is 1. The maximum absolute atomic E-state index is 11.0. The number of benzene rings is 1. The molecule has 1 unspecified atom stereocenters. The van der Waals surface area contributed by atoms with E-state index in [1.807, 2.05) is 20.2 Å². The molecule has 1 heterocycles. The quantitative estimate of drug-likeness (QED) is 0.670. The fourth-order valence-corrected chi connectivity index (χ4v) is 1.92. The Morgan fingerprint density at radius 2 is 2.25 bits per heavy atom. The minimum absolute atomic E-state index is 0.00306. The molecule has 106 valence electrons. The van der Waals surface area contributed by atoms with Crippen LogP contribution in [-0.2, 0) is 7.05 Å². The molecule has 0 aliphatic heterocycles. The van der Waals surface area contributed by atoms with Gasteiger partial charge < -0.3 is 10.1 Å². The first-order chi connectivity index (χ1) is 9.51. The van der Waals surface area contributed by atoms with Gasteiger partial charge in [-0.3, -0.25) is 14.8 Å². The van der Waals surface area contributed by atoms with E-state index in [-0.39, 0.29) is 17.5 Å². The van der Waals surface area contributed by atoms with Crippen LogP contribution in [0.2, 0.25) is 0 Å². The van der Waals surface area contributed by atoms with Crippen LogP contribution in [0.4, 0.5) is 11.4 Å². The van der Waals surface area contributed by atoms with Crippen molar-refractivity contribution in [2.45, 2.75) is 13.0 Å². The van der Waals surface area contributed by atoms with Gasteiger partial charge in [-0.25, -0.2) is 0 Å². The standard InChI is InChI=1S/C13H16N4O3/c1-9(10-7-14-16(2)8-10)15-11-4-5-13(20-3)12(6-11)17(18)19/h4-9,15H,1-3H3. The van der Waals surface area contributed by atoms with Crippen LogP contribution < -0.4 is 10.1 Å². The van der Waals surface area contributed by atoms with Gasteiger partial charge in [0.1, 0.15) is 0 Å². The average molecular weight is 276 g/mol. The minimum Gasteiger partial charge on any atom is -0.490 e. The smallest absolute Gasteiger partial charge is 0.312 e.